The van der Waals surface area contributed by atoms with E-state index >= 15 is 0 Å². The van der Waals surface area contributed by atoms with Gasteiger partial charge in [0.05, 0.1) is 11.7 Å². The minimum absolute atomic E-state index is 0.214. The van der Waals surface area contributed by atoms with Crippen molar-refractivity contribution in [3.05, 3.63) is 35.4 Å². The summed E-state index contributed by atoms with van der Waals surface area (Å²) in [7, 11) is 0. The van der Waals surface area contributed by atoms with E-state index in [1.807, 2.05) is 6.92 Å². The number of aliphatic hydroxyl groups excluding tert-OH is 1. The SMILES string of the molecule is CCSCCC(O)c1c(F)cccc1F. The molecular formula is C11H14F2OS. The highest BCUT2D eigenvalue weighted by atomic mass is 32.2. The van der Waals surface area contributed by atoms with Crippen LogP contribution in [0.2, 0.25) is 0 Å². The van der Waals surface area contributed by atoms with Crippen LogP contribution in [-0.4, -0.2) is 16.6 Å². The summed E-state index contributed by atoms with van der Waals surface area (Å²) < 4.78 is 26.4. The van der Waals surface area contributed by atoms with Crippen molar-refractivity contribution in [2.45, 2.75) is 19.4 Å². The van der Waals surface area contributed by atoms with Crippen LogP contribution in [0, 0.1) is 11.6 Å². The summed E-state index contributed by atoms with van der Waals surface area (Å²) in [5.74, 6) is 0.283. The quantitative estimate of drug-likeness (QED) is 0.787. The molecule has 0 aliphatic carbocycles. The van der Waals surface area contributed by atoms with Gasteiger partial charge in [-0.3, -0.25) is 0 Å². The molecule has 0 bridgehead atoms. The van der Waals surface area contributed by atoms with Crippen molar-refractivity contribution < 1.29 is 13.9 Å². The summed E-state index contributed by atoms with van der Waals surface area (Å²) >= 11 is 1.64. The Kier molecular flexibility index (Phi) is 5.05. The van der Waals surface area contributed by atoms with E-state index in [2.05, 4.69) is 0 Å². The predicted molar refractivity (Wildman–Crippen MR) is 58.9 cm³/mol. The van der Waals surface area contributed by atoms with Gasteiger partial charge >= 0.3 is 0 Å². The largest absolute Gasteiger partial charge is 0.388 e. The van der Waals surface area contributed by atoms with Gasteiger partial charge in [0.2, 0.25) is 0 Å². The van der Waals surface area contributed by atoms with Gasteiger partial charge < -0.3 is 5.11 Å². The average Bonchev–Trinajstić information content (AvgIpc) is 2.18. The number of hydrogen-bond acceptors (Lipinski definition) is 2. The molecule has 1 atom stereocenters. The van der Waals surface area contributed by atoms with E-state index in [9.17, 15) is 13.9 Å². The van der Waals surface area contributed by atoms with Gasteiger partial charge in [0.1, 0.15) is 11.6 Å². The molecular weight excluding hydrogens is 218 g/mol. The van der Waals surface area contributed by atoms with Gasteiger partial charge in [0.25, 0.3) is 0 Å². The Morgan fingerprint density at radius 2 is 1.93 bits per heavy atom. The lowest BCUT2D eigenvalue weighted by atomic mass is 10.1. The molecule has 1 unspecified atom stereocenters. The highest BCUT2D eigenvalue weighted by Gasteiger charge is 2.16. The van der Waals surface area contributed by atoms with Crippen LogP contribution in [0.25, 0.3) is 0 Å². The van der Waals surface area contributed by atoms with Gasteiger partial charge in [-0.25, -0.2) is 8.78 Å². The zero-order valence-electron chi connectivity index (χ0n) is 8.54. The molecule has 0 aliphatic rings. The molecule has 0 fully saturated rings. The molecule has 84 valence electrons. The first-order valence-electron chi connectivity index (χ1n) is 4.86. The molecule has 1 nitrogen and oxygen atoms in total. The first kappa shape index (κ1) is 12.5. The van der Waals surface area contributed by atoms with Crippen LogP contribution in [0.1, 0.15) is 25.0 Å². The minimum Gasteiger partial charge on any atom is -0.388 e. The highest BCUT2D eigenvalue weighted by molar-refractivity contribution is 7.99. The average molecular weight is 232 g/mol. The zero-order valence-corrected chi connectivity index (χ0v) is 9.36. The second kappa shape index (κ2) is 6.08. The third-order valence-corrected chi connectivity index (χ3v) is 3.01. The van der Waals surface area contributed by atoms with Crippen LogP contribution in [-0.2, 0) is 0 Å². The molecule has 0 amide bonds. The number of halogens is 2. The number of thioether (sulfide) groups is 1. The second-order valence-corrected chi connectivity index (χ2v) is 4.53. The molecule has 1 aromatic carbocycles. The Bertz CT molecular complexity index is 297. The van der Waals surface area contributed by atoms with E-state index in [-0.39, 0.29) is 5.56 Å². The topological polar surface area (TPSA) is 20.2 Å². The van der Waals surface area contributed by atoms with Crippen LogP contribution in [0.5, 0.6) is 0 Å². The summed E-state index contributed by atoms with van der Waals surface area (Å²) in [6, 6.07) is 3.62. The standard InChI is InChI=1S/C11H14F2OS/c1-2-15-7-6-10(14)11-8(12)4-3-5-9(11)13/h3-5,10,14H,2,6-7H2,1H3. The van der Waals surface area contributed by atoms with E-state index in [1.54, 1.807) is 11.8 Å². The Balaban J connectivity index is 2.68. The first-order valence-corrected chi connectivity index (χ1v) is 6.02. The first-order chi connectivity index (χ1) is 7.16. The van der Waals surface area contributed by atoms with E-state index in [0.717, 1.165) is 17.9 Å². The van der Waals surface area contributed by atoms with Gasteiger partial charge in [0.15, 0.2) is 0 Å². The lowest BCUT2D eigenvalue weighted by Gasteiger charge is -2.12. The lowest BCUT2D eigenvalue weighted by Crippen LogP contribution is -2.05. The van der Waals surface area contributed by atoms with Crippen molar-refractivity contribution in [3.63, 3.8) is 0 Å². The number of hydrogen-bond donors (Lipinski definition) is 1. The minimum atomic E-state index is -1.05. The van der Waals surface area contributed by atoms with Crippen LogP contribution >= 0.6 is 11.8 Å². The third kappa shape index (κ3) is 3.47. The van der Waals surface area contributed by atoms with E-state index in [0.29, 0.717) is 12.2 Å². The van der Waals surface area contributed by atoms with Gasteiger partial charge in [-0.05, 0) is 30.1 Å². The fourth-order valence-corrected chi connectivity index (χ4v) is 1.99. The van der Waals surface area contributed by atoms with Crippen molar-refractivity contribution >= 4 is 11.8 Å². The Labute approximate surface area is 92.5 Å². The van der Waals surface area contributed by atoms with E-state index < -0.39 is 17.7 Å². The van der Waals surface area contributed by atoms with Crippen molar-refractivity contribution in [1.29, 1.82) is 0 Å². The lowest BCUT2D eigenvalue weighted by molar-refractivity contribution is 0.165. The maximum Gasteiger partial charge on any atom is 0.131 e. The number of rotatable bonds is 5. The van der Waals surface area contributed by atoms with Gasteiger partial charge in [-0.2, -0.15) is 11.8 Å². The normalized spacial score (nSPS) is 12.8. The Hall–Kier alpha value is -0.610. The Morgan fingerprint density at radius 1 is 1.33 bits per heavy atom. The molecule has 0 aromatic heterocycles. The zero-order chi connectivity index (χ0) is 11.3. The second-order valence-electron chi connectivity index (χ2n) is 3.14. The van der Waals surface area contributed by atoms with Crippen molar-refractivity contribution in [3.8, 4) is 0 Å². The fraction of sp³-hybridized carbons (Fsp3) is 0.455. The van der Waals surface area contributed by atoms with Crippen LogP contribution in [0.3, 0.4) is 0 Å². The molecule has 0 heterocycles. The summed E-state index contributed by atoms with van der Waals surface area (Å²) in [5.41, 5.74) is -0.214. The molecule has 4 heteroatoms. The summed E-state index contributed by atoms with van der Waals surface area (Å²) in [5, 5.41) is 9.62. The van der Waals surface area contributed by atoms with Crippen LogP contribution < -0.4 is 0 Å². The molecule has 1 aromatic rings. The molecule has 1 rings (SSSR count). The molecule has 0 spiro atoms. The number of benzene rings is 1. The summed E-state index contributed by atoms with van der Waals surface area (Å²) in [6.45, 7) is 2.00. The van der Waals surface area contributed by atoms with E-state index in [4.69, 9.17) is 0 Å². The molecule has 0 saturated carbocycles. The molecule has 0 saturated heterocycles. The van der Waals surface area contributed by atoms with Crippen molar-refractivity contribution in [1.82, 2.24) is 0 Å². The smallest absolute Gasteiger partial charge is 0.131 e. The maximum absolute atomic E-state index is 13.2. The van der Waals surface area contributed by atoms with E-state index in [1.165, 1.54) is 6.07 Å². The highest BCUT2D eigenvalue weighted by Crippen LogP contribution is 2.24. The van der Waals surface area contributed by atoms with Crippen molar-refractivity contribution in [2.24, 2.45) is 0 Å². The summed E-state index contributed by atoms with van der Waals surface area (Å²) in [4.78, 5) is 0. The third-order valence-electron chi connectivity index (χ3n) is 2.07. The molecule has 0 radical (unpaired) electrons. The van der Waals surface area contributed by atoms with Gasteiger partial charge in [-0.1, -0.05) is 13.0 Å². The molecule has 1 N–H and O–H groups in total. The molecule has 0 aliphatic heterocycles. The monoisotopic (exact) mass is 232 g/mol. The van der Waals surface area contributed by atoms with Gasteiger partial charge in [0, 0.05) is 0 Å². The van der Waals surface area contributed by atoms with Gasteiger partial charge in [-0.15, -0.1) is 0 Å². The molecule has 15 heavy (non-hydrogen) atoms. The Morgan fingerprint density at radius 3 is 2.47 bits per heavy atom. The predicted octanol–water partition coefficient (Wildman–Crippen LogP) is 3.14. The van der Waals surface area contributed by atoms with Crippen LogP contribution in [0.15, 0.2) is 18.2 Å². The summed E-state index contributed by atoms with van der Waals surface area (Å²) in [6.07, 6.45) is -0.679. The number of aliphatic hydroxyl groups is 1. The van der Waals surface area contributed by atoms with Crippen molar-refractivity contribution in [2.75, 3.05) is 11.5 Å². The van der Waals surface area contributed by atoms with Crippen LogP contribution in [0.4, 0.5) is 8.78 Å². The fourth-order valence-electron chi connectivity index (χ4n) is 1.31. The maximum atomic E-state index is 13.2.